The molecule has 0 atom stereocenters. The molecule has 29 heavy (non-hydrogen) atoms. The van der Waals surface area contributed by atoms with Gasteiger partial charge in [-0.15, -0.1) is 0 Å². The summed E-state index contributed by atoms with van der Waals surface area (Å²) in [6, 6.07) is 21.6. The number of sulfonamides is 1. The highest BCUT2D eigenvalue weighted by molar-refractivity contribution is 9.10. The molecule has 1 heterocycles. The van der Waals surface area contributed by atoms with Crippen molar-refractivity contribution in [3.8, 4) is 28.3 Å². The van der Waals surface area contributed by atoms with Crippen molar-refractivity contribution >= 4 is 37.6 Å². The van der Waals surface area contributed by atoms with Crippen molar-refractivity contribution < 1.29 is 8.42 Å². The number of rotatable bonds is 4. The van der Waals surface area contributed by atoms with Crippen LogP contribution in [0, 0.1) is 0 Å². The Labute approximate surface area is 182 Å². The van der Waals surface area contributed by atoms with Gasteiger partial charge in [-0.05, 0) is 60.7 Å². The molecule has 0 fully saturated rings. The Morgan fingerprint density at radius 1 is 0.862 bits per heavy atom. The molecule has 8 heteroatoms. The minimum atomic E-state index is -3.75. The van der Waals surface area contributed by atoms with Crippen molar-refractivity contribution in [2.45, 2.75) is 4.90 Å². The molecule has 4 aromatic rings. The molecule has 0 radical (unpaired) electrons. The third-order valence-electron chi connectivity index (χ3n) is 4.39. The van der Waals surface area contributed by atoms with Crippen LogP contribution in [0.4, 0.5) is 0 Å². The first-order valence-electron chi connectivity index (χ1n) is 8.56. The number of halogens is 2. The van der Waals surface area contributed by atoms with E-state index in [4.69, 9.17) is 21.7 Å². The van der Waals surface area contributed by atoms with Crippen LogP contribution in [0.5, 0.6) is 0 Å². The largest absolute Gasteiger partial charge is 0.299 e. The Hall–Kier alpha value is -2.45. The van der Waals surface area contributed by atoms with E-state index < -0.39 is 10.0 Å². The first-order chi connectivity index (χ1) is 13.8. The number of imidazole rings is 1. The van der Waals surface area contributed by atoms with Crippen LogP contribution in [0.15, 0.2) is 88.4 Å². The van der Waals surface area contributed by atoms with Crippen molar-refractivity contribution in [3.63, 3.8) is 0 Å². The number of hydrogen-bond donors (Lipinski definition) is 1. The van der Waals surface area contributed by atoms with Crippen molar-refractivity contribution in [3.05, 3.63) is 88.5 Å². The highest BCUT2D eigenvalue weighted by Crippen LogP contribution is 2.29. The zero-order chi connectivity index (χ0) is 20.6. The second kappa shape index (κ2) is 7.76. The predicted molar refractivity (Wildman–Crippen MR) is 119 cm³/mol. The van der Waals surface area contributed by atoms with Gasteiger partial charge >= 0.3 is 0 Å². The van der Waals surface area contributed by atoms with E-state index in [1.165, 1.54) is 12.1 Å². The molecule has 0 aliphatic carbocycles. The lowest BCUT2D eigenvalue weighted by atomic mass is 10.2. The van der Waals surface area contributed by atoms with E-state index >= 15 is 0 Å². The van der Waals surface area contributed by atoms with Gasteiger partial charge in [0.25, 0.3) is 0 Å². The average molecular weight is 489 g/mol. The Morgan fingerprint density at radius 3 is 2.03 bits per heavy atom. The first kappa shape index (κ1) is 19.8. The highest BCUT2D eigenvalue weighted by atomic mass is 79.9. The summed E-state index contributed by atoms with van der Waals surface area (Å²) in [6.07, 6.45) is 1.92. The lowest BCUT2D eigenvalue weighted by Gasteiger charge is -2.08. The number of primary sulfonamides is 1. The van der Waals surface area contributed by atoms with E-state index in [0.29, 0.717) is 10.8 Å². The molecule has 0 saturated heterocycles. The number of hydrogen-bond acceptors (Lipinski definition) is 3. The summed E-state index contributed by atoms with van der Waals surface area (Å²) in [5.41, 5.74) is 3.40. The van der Waals surface area contributed by atoms with Crippen molar-refractivity contribution in [2.75, 3.05) is 0 Å². The summed E-state index contributed by atoms with van der Waals surface area (Å²) in [6.45, 7) is 0. The van der Waals surface area contributed by atoms with Crippen molar-refractivity contribution in [2.24, 2.45) is 5.14 Å². The molecule has 4 rings (SSSR count). The van der Waals surface area contributed by atoms with Gasteiger partial charge in [0.1, 0.15) is 5.82 Å². The van der Waals surface area contributed by atoms with Crippen LogP contribution < -0.4 is 5.14 Å². The van der Waals surface area contributed by atoms with Crippen LogP contribution in [0.25, 0.3) is 28.3 Å². The summed E-state index contributed by atoms with van der Waals surface area (Å²) in [7, 11) is -3.75. The van der Waals surface area contributed by atoms with Crippen LogP contribution in [-0.2, 0) is 10.0 Å². The molecule has 0 amide bonds. The zero-order valence-electron chi connectivity index (χ0n) is 15.0. The summed E-state index contributed by atoms with van der Waals surface area (Å²) in [4.78, 5) is 4.88. The molecular weight excluding hydrogens is 474 g/mol. The van der Waals surface area contributed by atoms with Crippen molar-refractivity contribution in [1.82, 2.24) is 9.55 Å². The molecule has 0 unspecified atom stereocenters. The summed E-state index contributed by atoms with van der Waals surface area (Å²) >= 11 is 9.47. The molecule has 1 aromatic heterocycles. The maximum absolute atomic E-state index is 11.6. The molecular formula is C21H15BrClN3O2S. The van der Waals surface area contributed by atoms with E-state index in [1.807, 2.05) is 47.2 Å². The minimum absolute atomic E-state index is 0.0579. The molecule has 2 N–H and O–H groups in total. The van der Waals surface area contributed by atoms with Crippen LogP contribution in [-0.4, -0.2) is 18.0 Å². The van der Waals surface area contributed by atoms with Gasteiger partial charge in [0, 0.05) is 32.5 Å². The average Bonchev–Trinajstić information content (AvgIpc) is 3.14. The molecule has 0 spiro atoms. The van der Waals surface area contributed by atoms with E-state index in [1.54, 1.807) is 24.3 Å². The molecule has 146 valence electrons. The fourth-order valence-electron chi connectivity index (χ4n) is 2.94. The van der Waals surface area contributed by atoms with Gasteiger partial charge < -0.3 is 0 Å². The van der Waals surface area contributed by atoms with E-state index in [0.717, 1.165) is 27.0 Å². The van der Waals surface area contributed by atoms with Gasteiger partial charge in [-0.1, -0.05) is 39.7 Å². The fourth-order valence-corrected chi connectivity index (χ4v) is 3.84. The monoisotopic (exact) mass is 487 g/mol. The Morgan fingerprint density at radius 2 is 1.45 bits per heavy atom. The molecule has 0 saturated carbocycles. The summed E-state index contributed by atoms with van der Waals surface area (Å²) in [5.74, 6) is 0.711. The van der Waals surface area contributed by atoms with Crippen LogP contribution >= 0.6 is 27.5 Å². The van der Waals surface area contributed by atoms with E-state index in [2.05, 4.69) is 15.9 Å². The topological polar surface area (TPSA) is 78.0 Å². The third kappa shape index (κ3) is 4.28. The fraction of sp³-hybridized carbons (Fsp3) is 0. The van der Waals surface area contributed by atoms with Gasteiger partial charge in [0.15, 0.2) is 0 Å². The number of nitrogens with two attached hydrogens (primary N) is 1. The second-order valence-corrected chi connectivity index (χ2v) is 9.29. The van der Waals surface area contributed by atoms with Crippen LogP contribution in [0.2, 0.25) is 5.02 Å². The van der Waals surface area contributed by atoms with E-state index in [9.17, 15) is 8.42 Å². The first-order valence-corrected chi connectivity index (χ1v) is 11.3. The molecule has 0 aliphatic heterocycles. The van der Waals surface area contributed by atoms with E-state index in [-0.39, 0.29) is 4.90 Å². The van der Waals surface area contributed by atoms with Gasteiger partial charge in [0.05, 0.1) is 10.6 Å². The summed E-state index contributed by atoms with van der Waals surface area (Å²) in [5, 5.41) is 5.85. The zero-order valence-corrected chi connectivity index (χ0v) is 18.1. The molecule has 0 bridgehead atoms. The second-order valence-electron chi connectivity index (χ2n) is 6.37. The third-order valence-corrected chi connectivity index (χ3v) is 6.10. The van der Waals surface area contributed by atoms with Crippen LogP contribution in [0.3, 0.4) is 0 Å². The highest BCUT2D eigenvalue weighted by Gasteiger charge is 2.14. The van der Waals surface area contributed by atoms with Crippen molar-refractivity contribution in [1.29, 1.82) is 0 Å². The predicted octanol–water partition coefficient (Wildman–Crippen LogP) is 5.27. The van der Waals surface area contributed by atoms with Gasteiger partial charge in [-0.25, -0.2) is 18.5 Å². The van der Waals surface area contributed by atoms with Gasteiger partial charge in [0.2, 0.25) is 10.0 Å². The normalized spacial score (nSPS) is 11.6. The smallest absolute Gasteiger partial charge is 0.238 e. The quantitative estimate of drug-likeness (QED) is 0.425. The van der Waals surface area contributed by atoms with Gasteiger partial charge in [-0.3, -0.25) is 4.57 Å². The maximum atomic E-state index is 11.6. The molecule has 0 aliphatic rings. The lowest BCUT2D eigenvalue weighted by molar-refractivity contribution is 0.598. The minimum Gasteiger partial charge on any atom is -0.299 e. The Kier molecular flexibility index (Phi) is 5.31. The maximum Gasteiger partial charge on any atom is 0.238 e. The lowest BCUT2D eigenvalue weighted by Crippen LogP contribution is -2.12. The Bertz CT molecular complexity index is 1270. The number of benzene rings is 3. The number of aromatic nitrogens is 2. The molecule has 3 aromatic carbocycles. The summed E-state index contributed by atoms with van der Waals surface area (Å²) < 4.78 is 26.0. The number of nitrogens with zero attached hydrogens (tertiary/aromatic N) is 2. The SMILES string of the molecule is NS(=O)(=O)c1ccc(-n2cc(-c3ccc(Br)cc3)nc2-c2ccc(Cl)cc2)cc1. The standard InChI is InChI=1S/C21H15BrClN3O2S/c22-16-5-1-14(2-6-16)20-13-26(18-9-11-19(12-10-18)29(24,27)28)21(25-20)15-3-7-17(23)8-4-15/h1-13H,(H2,24,27,28). The Balaban J connectivity index is 1.86. The van der Waals surface area contributed by atoms with Gasteiger partial charge in [-0.2, -0.15) is 0 Å². The van der Waals surface area contributed by atoms with Crippen LogP contribution in [0.1, 0.15) is 0 Å². The molecule has 5 nitrogen and oxygen atoms in total.